The van der Waals surface area contributed by atoms with Crippen molar-refractivity contribution >= 4 is 5.91 Å². The summed E-state index contributed by atoms with van der Waals surface area (Å²) in [6, 6.07) is 8.27. The van der Waals surface area contributed by atoms with Crippen LogP contribution in [0.15, 0.2) is 24.3 Å². The number of likely N-dealkylation sites (tertiary alicyclic amines) is 1. The summed E-state index contributed by atoms with van der Waals surface area (Å²) in [7, 11) is 1.86. The van der Waals surface area contributed by atoms with Crippen LogP contribution in [0, 0.1) is 0 Å². The second-order valence-corrected chi connectivity index (χ2v) is 5.00. The van der Waals surface area contributed by atoms with Crippen LogP contribution < -0.4 is 10.1 Å². The summed E-state index contributed by atoms with van der Waals surface area (Å²) in [6.07, 6.45) is 1.82. The fourth-order valence-corrected chi connectivity index (χ4v) is 2.74. The maximum atomic E-state index is 11.9. The van der Waals surface area contributed by atoms with Crippen molar-refractivity contribution in [2.45, 2.75) is 24.9 Å². The maximum Gasteiger partial charge on any atom is 0.239 e. The van der Waals surface area contributed by atoms with E-state index in [1.165, 1.54) is 5.56 Å². The zero-order valence-electron chi connectivity index (χ0n) is 10.6. The Labute approximate surface area is 107 Å². The lowest BCUT2D eigenvalue weighted by Crippen LogP contribution is -2.40. The van der Waals surface area contributed by atoms with Crippen LogP contribution in [0.3, 0.4) is 0 Å². The highest BCUT2D eigenvalue weighted by molar-refractivity contribution is 5.83. The molecule has 96 valence electrons. The molecule has 2 unspecified atom stereocenters. The van der Waals surface area contributed by atoms with E-state index in [4.69, 9.17) is 4.74 Å². The number of carbonyl (C=O) groups is 1. The molecule has 1 fully saturated rings. The number of ether oxygens (including phenoxy) is 1. The molecule has 1 saturated heterocycles. The largest absolute Gasteiger partial charge is 0.493 e. The number of carbonyl (C=O) groups excluding carboxylic acids is 1. The molecule has 0 aromatic heterocycles. The van der Waals surface area contributed by atoms with Crippen molar-refractivity contribution < 1.29 is 9.53 Å². The fourth-order valence-electron chi connectivity index (χ4n) is 2.74. The normalized spacial score (nSPS) is 26.9. The van der Waals surface area contributed by atoms with Gasteiger partial charge in [0.25, 0.3) is 0 Å². The van der Waals surface area contributed by atoms with Gasteiger partial charge in [0.2, 0.25) is 5.91 Å². The highest BCUT2D eigenvalue weighted by Gasteiger charge is 2.32. The molecule has 1 aromatic carbocycles. The van der Waals surface area contributed by atoms with Crippen LogP contribution in [0.5, 0.6) is 5.75 Å². The van der Waals surface area contributed by atoms with Gasteiger partial charge in [-0.3, -0.25) is 10.1 Å². The number of hydrogen-bond acceptors (Lipinski definition) is 3. The summed E-state index contributed by atoms with van der Waals surface area (Å²) >= 11 is 0. The van der Waals surface area contributed by atoms with Crippen LogP contribution in [-0.2, 0) is 4.79 Å². The summed E-state index contributed by atoms with van der Waals surface area (Å²) in [5.74, 6) is 1.15. The van der Waals surface area contributed by atoms with Gasteiger partial charge < -0.3 is 9.64 Å². The third-order valence-electron chi connectivity index (χ3n) is 3.79. The molecule has 18 heavy (non-hydrogen) atoms. The predicted molar refractivity (Wildman–Crippen MR) is 68.5 cm³/mol. The van der Waals surface area contributed by atoms with Crippen molar-refractivity contribution in [3.05, 3.63) is 29.8 Å². The van der Waals surface area contributed by atoms with E-state index in [0.29, 0.717) is 6.61 Å². The molecule has 2 aliphatic heterocycles. The molecule has 2 atom stereocenters. The first-order valence-corrected chi connectivity index (χ1v) is 6.48. The van der Waals surface area contributed by atoms with Crippen molar-refractivity contribution in [1.82, 2.24) is 10.2 Å². The molecule has 2 aliphatic rings. The number of rotatable bonds is 2. The highest BCUT2D eigenvalue weighted by atomic mass is 16.5. The first-order valence-electron chi connectivity index (χ1n) is 6.48. The fraction of sp³-hybridized carbons (Fsp3) is 0.500. The summed E-state index contributed by atoms with van der Waals surface area (Å²) in [5, 5.41) is 3.48. The number of fused-ring (bicyclic) bond motifs is 1. The second-order valence-electron chi connectivity index (χ2n) is 5.00. The highest BCUT2D eigenvalue weighted by Crippen LogP contribution is 2.32. The van der Waals surface area contributed by atoms with Gasteiger partial charge in [0.1, 0.15) is 5.75 Å². The second kappa shape index (κ2) is 4.61. The minimum atomic E-state index is -0.0360. The maximum absolute atomic E-state index is 11.9. The van der Waals surface area contributed by atoms with Gasteiger partial charge in [0, 0.05) is 31.6 Å². The average Bonchev–Trinajstić information content (AvgIpc) is 2.71. The minimum absolute atomic E-state index is 0.0360. The van der Waals surface area contributed by atoms with E-state index in [-0.39, 0.29) is 18.0 Å². The third kappa shape index (κ3) is 1.97. The molecule has 0 spiro atoms. The zero-order valence-corrected chi connectivity index (χ0v) is 10.6. The Morgan fingerprint density at radius 3 is 2.89 bits per heavy atom. The van der Waals surface area contributed by atoms with Gasteiger partial charge in [-0.1, -0.05) is 18.2 Å². The molecule has 1 aromatic rings. The monoisotopic (exact) mass is 246 g/mol. The molecule has 3 rings (SSSR count). The zero-order chi connectivity index (χ0) is 12.5. The molecule has 0 aliphatic carbocycles. The predicted octanol–water partition coefficient (Wildman–Crippen LogP) is 1.33. The summed E-state index contributed by atoms with van der Waals surface area (Å²) in [6.45, 7) is 1.56. The Hall–Kier alpha value is -1.55. The van der Waals surface area contributed by atoms with Crippen LogP contribution in [0.2, 0.25) is 0 Å². The molecule has 0 saturated carbocycles. The SMILES string of the molecule is CN1CCC(NC2CCOc3ccccc32)C1=O. The molecule has 4 heteroatoms. The van der Waals surface area contributed by atoms with Crippen molar-refractivity contribution in [3.8, 4) is 5.75 Å². The van der Waals surface area contributed by atoms with Crippen molar-refractivity contribution in [2.24, 2.45) is 0 Å². The summed E-state index contributed by atoms with van der Waals surface area (Å²) < 4.78 is 5.63. The van der Waals surface area contributed by atoms with Crippen molar-refractivity contribution in [1.29, 1.82) is 0 Å². The van der Waals surface area contributed by atoms with Crippen LogP contribution in [0.25, 0.3) is 0 Å². The molecule has 4 nitrogen and oxygen atoms in total. The van der Waals surface area contributed by atoms with E-state index in [0.717, 1.165) is 25.1 Å². The molecule has 0 bridgehead atoms. The van der Waals surface area contributed by atoms with Crippen LogP contribution >= 0.6 is 0 Å². The lowest BCUT2D eigenvalue weighted by Gasteiger charge is -2.28. The van der Waals surface area contributed by atoms with Crippen molar-refractivity contribution in [3.63, 3.8) is 0 Å². The Balaban J connectivity index is 1.77. The van der Waals surface area contributed by atoms with E-state index in [1.807, 2.05) is 25.2 Å². The Morgan fingerprint density at radius 2 is 2.11 bits per heavy atom. The van der Waals surface area contributed by atoms with Crippen LogP contribution in [0.4, 0.5) is 0 Å². The van der Waals surface area contributed by atoms with Crippen LogP contribution in [-0.4, -0.2) is 37.0 Å². The average molecular weight is 246 g/mol. The number of hydrogen-bond donors (Lipinski definition) is 1. The molecular formula is C14H18N2O2. The smallest absolute Gasteiger partial charge is 0.239 e. The van der Waals surface area contributed by atoms with E-state index < -0.39 is 0 Å². The lowest BCUT2D eigenvalue weighted by atomic mass is 9.99. The van der Waals surface area contributed by atoms with Crippen LogP contribution in [0.1, 0.15) is 24.4 Å². The number of amides is 1. The Kier molecular flexibility index (Phi) is 2.96. The van der Waals surface area contributed by atoms with Gasteiger partial charge in [-0.25, -0.2) is 0 Å². The quantitative estimate of drug-likeness (QED) is 0.856. The number of benzene rings is 1. The van der Waals surface area contributed by atoms with Gasteiger partial charge in [-0.15, -0.1) is 0 Å². The van der Waals surface area contributed by atoms with Gasteiger partial charge in [0.05, 0.1) is 12.6 Å². The topological polar surface area (TPSA) is 41.6 Å². The summed E-state index contributed by atoms with van der Waals surface area (Å²) in [4.78, 5) is 13.7. The first-order chi connectivity index (χ1) is 8.75. The first kappa shape index (κ1) is 11.5. The molecule has 1 N–H and O–H groups in total. The van der Waals surface area contributed by atoms with Gasteiger partial charge >= 0.3 is 0 Å². The van der Waals surface area contributed by atoms with E-state index >= 15 is 0 Å². The Morgan fingerprint density at radius 1 is 1.28 bits per heavy atom. The van der Waals surface area contributed by atoms with Gasteiger partial charge in [-0.2, -0.15) is 0 Å². The standard InChI is InChI=1S/C14H18N2O2/c1-16-8-6-12(14(16)17)15-11-7-9-18-13-5-3-2-4-10(11)13/h2-5,11-12,15H,6-9H2,1H3. The number of nitrogens with zero attached hydrogens (tertiary/aromatic N) is 1. The lowest BCUT2D eigenvalue weighted by molar-refractivity contribution is -0.128. The van der Waals surface area contributed by atoms with Gasteiger partial charge in [0.15, 0.2) is 0 Å². The molecular weight excluding hydrogens is 228 g/mol. The van der Waals surface area contributed by atoms with E-state index in [9.17, 15) is 4.79 Å². The van der Waals surface area contributed by atoms with Crippen molar-refractivity contribution in [2.75, 3.05) is 20.2 Å². The molecule has 0 radical (unpaired) electrons. The van der Waals surface area contributed by atoms with E-state index in [2.05, 4.69) is 11.4 Å². The Bertz CT molecular complexity index is 461. The molecule has 1 amide bonds. The number of nitrogens with one attached hydrogen (secondary N) is 1. The molecule has 2 heterocycles. The number of likely N-dealkylation sites (N-methyl/N-ethyl adjacent to an activating group) is 1. The summed E-state index contributed by atoms with van der Waals surface area (Å²) in [5.41, 5.74) is 1.17. The number of para-hydroxylation sites is 1. The third-order valence-corrected chi connectivity index (χ3v) is 3.79. The minimum Gasteiger partial charge on any atom is -0.493 e. The van der Waals surface area contributed by atoms with Gasteiger partial charge in [-0.05, 0) is 12.5 Å². The van der Waals surface area contributed by atoms with E-state index in [1.54, 1.807) is 4.90 Å².